The largest absolute Gasteiger partial charge is 0.314 e. The van der Waals surface area contributed by atoms with Gasteiger partial charge in [-0.3, -0.25) is 0 Å². The van der Waals surface area contributed by atoms with Gasteiger partial charge < -0.3 is 4.57 Å². The van der Waals surface area contributed by atoms with Gasteiger partial charge in [0, 0.05) is 13.0 Å². The maximum absolute atomic E-state index is 4.29. The monoisotopic (exact) mass is 287 g/mol. The van der Waals surface area contributed by atoms with Crippen LogP contribution in [0.3, 0.4) is 0 Å². The van der Waals surface area contributed by atoms with Crippen molar-refractivity contribution in [3.63, 3.8) is 0 Å². The summed E-state index contributed by atoms with van der Waals surface area (Å²) in [6.45, 7) is 9.96. The standard InChI is InChI=1S/C12H22BrN3/c1-9(2)5-6-11-14-15-12(7-13)16(11)8-10(3)4/h9-10H,5-8H2,1-4H3. The van der Waals surface area contributed by atoms with Gasteiger partial charge >= 0.3 is 0 Å². The molecule has 3 nitrogen and oxygen atoms in total. The van der Waals surface area contributed by atoms with Crippen molar-refractivity contribution in [2.45, 2.75) is 52.4 Å². The molecule has 1 rings (SSSR count). The van der Waals surface area contributed by atoms with Gasteiger partial charge in [0.2, 0.25) is 0 Å². The van der Waals surface area contributed by atoms with Crippen LogP contribution >= 0.6 is 15.9 Å². The molecule has 16 heavy (non-hydrogen) atoms. The lowest BCUT2D eigenvalue weighted by molar-refractivity contribution is 0.484. The van der Waals surface area contributed by atoms with Gasteiger partial charge in [-0.2, -0.15) is 0 Å². The van der Waals surface area contributed by atoms with Crippen LogP contribution in [0.25, 0.3) is 0 Å². The van der Waals surface area contributed by atoms with Crippen molar-refractivity contribution in [3.05, 3.63) is 11.6 Å². The van der Waals surface area contributed by atoms with E-state index < -0.39 is 0 Å². The Hall–Kier alpha value is -0.380. The van der Waals surface area contributed by atoms with Crippen LogP contribution in [-0.4, -0.2) is 14.8 Å². The van der Waals surface area contributed by atoms with Gasteiger partial charge in [0.05, 0.1) is 5.33 Å². The molecule has 0 aliphatic rings. The van der Waals surface area contributed by atoms with Crippen molar-refractivity contribution in [3.8, 4) is 0 Å². The summed E-state index contributed by atoms with van der Waals surface area (Å²) >= 11 is 3.47. The van der Waals surface area contributed by atoms with Gasteiger partial charge in [0.25, 0.3) is 0 Å². The Morgan fingerprint density at radius 1 is 1.06 bits per heavy atom. The van der Waals surface area contributed by atoms with Crippen molar-refractivity contribution in [1.29, 1.82) is 0 Å². The molecule has 0 fully saturated rings. The third-order valence-corrected chi connectivity index (χ3v) is 3.02. The molecule has 0 amide bonds. The smallest absolute Gasteiger partial charge is 0.143 e. The van der Waals surface area contributed by atoms with E-state index in [2.05, 4.69) is 58.4 Å². The molecule has 0 aliphatic carbocycles. The zero-order valence-electron chi connectivity index (χ0n) is 10.7. The van der Waals surface area contributed by atoms with E-state index in [1.807, 2.05) is 0 Å². The number of aryl methyl sites for hydroxylation is 1. The lowest BCUT2D eigenvalue weighted by atomic mass is 10.1. The highest BCUT2D eigenvalue weighted by molar-refractivity contribution is 9.08. The normalized spacial score (nSPS) is 11.7. The predicted molar refractivity (Wildman–Crippen MR) is 70.7 cm³/mol. The Bertz CT molecular complexity index is 318. The first kappa shape index (κ1) is 13.7. The Balaban J connectivity index is 2.78. The number of halogens is 1. The second-order valence-electron chi connectivity index (χ2n) is 5.10. The van der Waals surface area contributed by atoms with E-state index in [4.69, 9.17) is 0 Å². The fourth-order valence-electron chi connectivity index (χ4n) is 1.65. The number of hydrogen-bond donors (Lipinski definition) is 0. The molecular formula is C12H22BrN3. The molecule has 0 saturated heterocycles. The van der Waals surface area contributed by atoms with Gasteiger partial charge in [-0.1, -0.05) is 43.6 Å². The van der Waals surface area contributed by atoms with Crippen molar-refractivity contribution in [2.24, 2.45) is 11.8 Å². The highest BCUT2D eigenvalue weighted by Gasteiger charge is 2.12. The summed E-state index contributed by atoms with van der Waals surface area (Å²) in [6.07, 6.45) is 2.21. The second kappa shape index (κ2) is 6.38. The van der Waals surface area contributed by atoms with E-state index in [0.29, 0.717) is 5.92 Å². The summed E-state index contributed by atoms with van der Waals surface area (Å²) in [5, 5.41) is 9.31. The Morgan fingerprint density at radius 2 is 1.69 bits per heavy atom. The number of alkyl halides is 1. The molecule has 0 unspecified atom stereocenters. The first-order chi connectivity index (χ1) is 7.54. The topological polar surface area (TPSA) is 30.7 Å². The van der Waals surface area contributed by atoms with Crippen LogP contribution in [0, 0.1) is 11.8 Å². The maximum atomic E-state index is 4.29. The van der Waals surface area contributed by atoms with E-state index >= 15 is 0 Å². The fraction of sp³-hybridized carbons (Fsp3) is 0.833. The van der Waals surface area contributed by atoms with Crippen LogP contribution in [0.1, 0.15) is 45.8 Å². The molecule has 0 atom stereocenters. The van der Waals surface area contributed by atoms with Gasteiger partial charge in [0.15, 0.2) is 0 Å². The van der Waals surface area contributed by atoms with Crippen LogP contribution in [0.5, 0.6) is 0 Å². The summed E-state index contributed by atoms with van der Waals surface area (Å²) in [6, 6.07) is 0. The molecule has 0 saturated carbocycles. The second-order valence-corrected chi connectivity index (χ2v) is 5.66. The van der Waals surface area contributed by atoms with E-state index in [0.717, 1.165) is 35.9 Å². The summed E-state index contributed by atoms with van der Waals surface area (Å²) < 4.78 is 2.27. The van der Waals surface area contributed by atoms with Gasteiger partial charge in [-0.15, -0.1) is 10.2 Å². The van der Waals surface area contributed by atoms with E-state index in [1.54, 1.807) is 0 Å². The van der Waals surface area contributed by atoms with Gasteiger partial charge in [0.1, 0.15) is 11.6 Å². The number of nitrogens with zero attached hydrogens (tertiary/aromatic N) is 3. The van der Waals surface area contributed by atoms with Crippen LogP contribution in [0.15, 0.2) is 0 Å². The maximum Gasteiger partial charge on any atom is 0.143 e. The highest BCUT2D eigenvalue weighted by Crippen LogP contribution is 2.13. The summed E-state index contributed by atoms with van der Waals surface area (Å²) in [7, 11) is 0. The minimum Gasteiger partial charge on any atom is -0.314 e. The van der Waals surface area contributed by atoms with Crippen LogP contribution in [0.4, 0.5) is 0 Å². The third kappa shape index (κ3) is 3.89. The lowest BCUT2D eigenvalue weighted by Crippen LogP contribution is -2.12. The molecule has 92 valence electrons. The molecule has 4 heteroatoms. The Morgan fingerprint density at radius 3 is 2.19 bits per heavy atom. The molecule has 1 heterocycles. The summed E-state index contributed by atoms with van der Waals surface area (Å²) in [5.41, 5.74) is 0. The Labute approximate surface area is 107 Å². The number of rotatable bonds is 6. The number of hydrogen-bond acceptors (Lipinski definition) is 2. The van der Waals surface area contributed by atoms with Crippen LogP contribution in [-0.2, 0) is 18.3 Å². The fourth-order valence-corrected chi connectivity index (χ4v) is 2.06. The van der Waals surface area contributed by atoms with E-state index in [9.17, 15) is 0 Å². The summed E-state index contributed by atoms with van der Waals surface area (Å²) in [5.74, 6) is 3.53. The van der Waals surface area contributed by atoms with Gasteiger partial charge in [-0.25, -0.2) is 0 Å². The zero-order chi connectivity index (χ0) is 12.1. The van der Waals surface area contributed by atoms with Crippen LogP contribution in [0.2, 0.25) is 0 Å². The molecule has 0 aromatic carbocycles. The van der Waals surface area contributed by atoms with Crippen molar-refractivity contribution < 1.29 is 0 Å². The minimum absolute atomic E-state index is 0.631. The zero-order valence-corrected chi connectivity index (χ0v) is 12.3. The molecule has 0 radical (unpaired) electrons. The first-order valence-electron chi connectivity index (χ1n) is 6.01. The molecule has 1 aromatic rings. The molecule has 1 aromatic heterocycles. The van der Waals surface area contributed by atoms with E-state index in [-0.39, 0.29) is 0 Å². The highest BCUT2D eigenvalue weighted by atomic mass is 79.9. The van der Waals surface area contributed by atoms with Crippen molar-refractivity contribution in [1.82, 2.24) is 14.8 Å². The van der Waals surface area contributed by atoms with Gasteiger partial charge in [-0.05, 0) is 18.3 Å². The third-order valence-electron chi connectivity index (χ3n) is 2.52. The molecule has 0 bridgehead atoms. The number of aromatic nitrogens is 3. The van der Waals surface area contributed by atoms with Crippen molar-refractivity contribution >= 4 is 15.9 Å². The lowest BCUT2D eigenvalue weighted by Gasteiger charge is -2.12. The molecule has 0 spiro atoms. The molecular weight excluding hydrogens is 266 g/mol. The SMILES string of the molecule is CC(C)CCc1nnc(CBr)n1CC(C)C. The quantitative estimate of drug-likeness (QED) is 0.751. The molecule has 0 aliphatic heterocycles. The average molecular weight is 288 g/mol. The van der Waals surface area contributed by atoms with Crippen molar-refractivity contribution in [2.75, 3.05) is 0 Å². The van der Waals surface area contributed by atoms with Crippen LogP contribution < -0.4 is 0 Å². The predicted octanol–water partition coefficient (Wildman–Crippen LogP) is 3.42. The average Bonchev–Trinajstić information content (AvgIpc) is 2.56. The summed E-state index contributed by atoms with van der Waals surface area (Å²) in [4.78, 5) is 0. The minimum atomic E-state index is 0.631. The van der Waals surface area contributed by atoms with E-state index in [1.165, 1.54) is 6.42 Å². The molecule has 0 N–H and O–H groups in total. The Kier molecular flexibility index (Phi) is 5.46. The first-order valence-corrected chi connectivity index (χ1v) is 7.13.